The van der Waals surface area contributed by atoms with E-state index >= 15 is 0 Å². The highest BCUT2D eigenvalue weighted by molar-refractivity contribution is 6.05. The van der Waals surface area contributed by atoms with E-state index in [2.05, 4.69) is 4.98 Å². The molecule has 1 N–H and O–H groups in total. The molecule has 0 unspecified atom stereocenters. The molecule has 0 atom stereocenters. The molecule has 24 heavy (non-hydrogen) atoms. The van der Waals surface area contributed by atoms with Crippen LogP contribution < -0.4 is 0 Å². The molecule has 0 aliphatic rings. The van der Waals surface area contributed by atoms with Crippen molar-refractivity contribution in [1.29, 1.82) is 0 Å². The Balaban J connectivity index is 2.51. The average molecular weight is 329 g/mol. The molecule has 0 aliphatic carbocycles. The third kappa shape index (κ3) is 3.53. The Kier molecular flexibility index (Phi) is 5.52. The van der Waals surface area contributed by atoms with E-state index in [9.17, 15) is 14.7 Å². The Morgan fingerprint density at radius 2 is 1.58 bits per heavy atom. The molecular formula is C18H19NO5. The summed E-state index contributed by atoms with van der Waals surface area (Å²) in [5.74, 6) is -1.91. The summed E-state index contributed by atoms with van der Waals surface area (Å²) in [6.45, 7) is 1.56. The first-order chi connectivity index (χ1) is 11.5. The number of rotatable bonds is 5. The zero-order valence-electron chi connectivity index (χ0n) is 13.8. The summed E-state index contributed by atoms with van der Waals surface area (Å²) >= 11 is 0. The van der Waals surface area contributed by atoms with Gasteiger partial charge < -0.3 is 14.6 Å². The molecule has 1 aromatic heterocycles. The van der Waals surface area contributed by atoms with Crippen molar-refractivity contribution < 1.29 is 24.2 Å². The van der Waals surface area contributed by atoms with Crippen LogP contribution in [-0.4, -0.2) is 36.2 Å². The first-order valence-corrected chi connectivity index (χ1v) is 7.42. The molecule has 1 aromatic carbocycles. The number of ether oxygens (including phenoxy) is 2. The molecule has 0 saturated carbocycles. The lowest BCUT2D eigenvalue weighted by Gasteiger charge is -2.14. The van der Waals surface area contributed by atoms with Gasteiger partial charge in [0, 0.05) is 0 Å². The number of pyridine rings is 1. The van der Waals surface area contributed by atoms with Gasteiger partial charge in [0.05, 0.1) is 31.2 Å². The largest absolute Gasteiger partial charge is 0.505 e. The zero-order valence-corrected chi connectivity index (χ0v) is 13.8. The third-order valence-electron chi connectivity index (χ3n) is 3.69. The predicted octanol–water partition coefficient (Wildman–Crippen LogP) is 2.45. The SMILES string of the molecule is COC(=O)c1c(CCc2ccccc2)nc(C)c(O)c1C(=O)OC. The standard InChI is InChI=1S/C18H19NO5/c1-11-16(20)15(18(22)24-3)14(17(21)23-2)13(19-11)10-9-12-7-5-4-6-8-12/h4-8,20H,9-10H2,1-3H3. The Morgan fingerprint density at radius 3 is 2.17 bits per heavy atom. The van der Waals surface area contributed by atoms with E-state index in [4.69, 9.17) is 9.47 Å². The van der Waals surface area contributed by atoms with Gasteiger partial charge >= 0.3 is 11.9 Å². The maximum atomic E-state index is 12.2. The lowest BCUT2D eigenvalue weighted by Crippen LogP contribution is -2.18. The van der Waals surface area contributed by atoms with Crippen LogP contribution in [0.5, 0.6) is 5.75 Å². The van der Waals surface area contributed by atoms with Gasteiger partial charge in [-0.15, -0.1) is 0 Å². The smallest absolute Gasteiger partial charge is 0.342 e. The van der Waals surface area contributed by atoms with Gasteiger partial charge in [0.1, 0.15) is 5.56 Å². The Hall–Kier alpha value is -2.89. The lowest BCUT2D eigenvalue weighted by molar-refractivity contribution is 0.0550. The number of hydrogen-bond acceptors (Lipinski definition) is 6. The number of nitrogens with zero attached hydrogens (tertiary/aromatic N) is 1. The van der Waals surface area contributed by atoms with E-state index in [-0.39, 0.29) is 22.6 Å². The number of aromatic hydroxyl groups is 1. The zero-order chi connectivity index (χ0) is 17.7. The van der Waals surface area contributed by atoms with Crippen LogP contribution in [0.15, 0.2) is 30.3 Å². The molecule has 6 heteroatoms. The fourth-order valence-electron chi connectivity index (χ4n) is 2.47. The highest BCUT2D eigenvalue weighted by Crippen LogP contribution is 2.28. The molecule has 0 radical (unpaired) electrons. The summed E-state index contributed by atoms with van der Waals surface area (Å²) < 4.78 is 9.45. The summed E-state index contributed by atoms with van der Waals surface area (Å²) in [5, 5.41) is 10.2. The number of carbonyl (C=O) groups excluding carboxylic acids is 2. The summed E-state index contributed by atoms with van der Waals surface area (Å²) in [6, 6.07) is 9.69. The number of methoxy groups -OCH3 is 2. The fourth-order valence-corrected chi connectivity index (χ4v) is 2.47. The van der Waals surface area contributed by atoms with Crippen molar-refractivity contribution >= 4 is 11.9 Å². The van der Waals surface area contributed by atoms with Crippen molar-refractivity contribution in [2.24, 2.45) is 0 Å². The second-order valence-electron chi connectivity index (χ2n) is 5.21. The van der Waals surface area contributed by atoms with Crippen molar-refractivity contribution in [2.75, 3.05) is 14.2 Å². The Labute approximate surface area is 140 Å². The topological polar surface area (TPSA) is 85.7 Å². The number of benzene rings is 1. The number of esters is 2. The Morgan fingerprint density at radius 1 is 1.00 bits per heavy atom. The molecule has 0 saturated heterocycles. The monoisotopic (exact) mass is 329 g/mol. The van der Waals surface area contributed by atoms with Crippen molar-refractivity contribution in [3.05, 3.63) is 58.4 Å². The highest BCUT2D eigenvalue weighted by Gasteiger charge is 2.28. The first-order valence-electron chi connectivity index (χ1n) is 7.42. The second kappa shape index (κ2) is 7.59. The van der Waals surface area contributed by atoms with Crippen LogP contribution in [0.25, 0.3) is 0 Å². The molecule has 0 aliphatic heterocycles. The molecule has 2 aromatic rings. The van der Waals surface area contributed by atoms with Gasteiger partial charge in [-0.2, -0.15) is 0 Å². The van der Waals surface area contributed by atoms with E-state index in [1.165, 1.54) is 14.2 Å². The van der Waals surface area contributed by atoms with Crippen LogP contribution in [0.3, 0.4) is 0 Å². The third-order valence-corrected chi connectivity index (χ3v) is 3.69. The van der Waals surface area contributed by atoms with Crippen LogP contribution in [-0.2, 0) is 22.3 Å². The van der Waals surface area contributed by atoms with Gasteiger partial charge in [0.2, 0.25) is 0 Å². The average Bonchev–Trinajstić information content (AvgIpc) is 2.61. The van der Waals surface area contributed by atoms with Crippen LogP contribution in [0.4, 0.5) is 0 Å². The van der Waals surface area contributed by atoms with E-state index < -0.39 is 11.9 Å². The van der Waals surface area contributed by atoms with E-state index in [0.717, 1.165) is 5.56 Å². The van der Waals surface area contributed by atoms with Crippen molar-refractivity contribution in [3.8, 4) is 5.75 Å². The molecule has 0 amide bonds. The van der Waals surface area contributed by atoms with Gasteiger partial charge in [0.25, 0.3) is 0 Å². The summed E-state index contributed by atoms with van der Waals surface area (Å²) in [7, 11) is 2.39. The van der Waals surface area contributed by atoms with Gasteiger partial charge in [0.15, 0.2) is 5.75 Å². The minimum atomic E-state index is -0.806. The van der Waals surface area contributed by atoms with Crippen molar-refractivity contribution in [1.82, 2.24) is 4.98 Å². The van der Waals surface area contributed by atoms with Gasteiger partial charge in [-0.25, -0.2) is 9.59 Å². The van der Waals surface area contributed by atoms with E-state index in [1.807, 2.05) is 30.3 Å². The number of aryl methyl sites for hydroxylation is 3. The highest BCUT2D eigenvalue weighted by atomic mass is 16.5. The van der Waals surface area contributed by atoms with Gasteiger partial charge in [-0.3, -0.25) is 4.98 Å². The normalized spacial score (nSPS) is 10.3. The molecular weight excluding hydrogens is 310 g/mol. The molecule has 0 bridgehead atoms. The maximum absolute atomic E-state index is 12.2. The van der Waals surface area contributed by atoms with Gasteiger partial charge in [-0.1, -0.05) is 30.3 Å². The van der Waals surface area contributed by atoms with Crippen molar-refractivity contribution in [2.45, 2.75) is 19.8 Å². The van der Waals surface area contributed by atoms with Crippen LogP contribution in [0.1, 0.15) is 37.7 Å². The first kappa shape index (κ1) is 17.5. The summed E-state index contributed by atoms with van der Waals surface area (Å²) in [4.78, 5) is 28.5. The van der Waals surface area contributed by atoms with Gasteiger partial charge in [-0.05, 0) is 25.3 Å². The Bertz CT molecular complexity index is 756. The number of aromatic nitrogens is 1. The minimum Gasteiger partial charge on any atom is -0.505 e. The molecule has 2 rings (SSSR count). The molecule has 0 spiro atoms. The molecule has 126 valence electrons. The van der Waals surface area contributed by atoms with Crippen LogP contribution in [0.2, 0.25) is 0 Å². The molecule has 0 fully saturated rings. The van der Waals surface area contributed by atoms with E-state index in [1.54, 1.807) is 6.92 Å². The fraction of sp³-hybridized carbons (Fsp3) is 0.278. The van der Waals surface area contributed by atoms with Crippen LogP contribution in [0, 0.1) is 6.92 Å². The number of hydrogen-bond donors (Lipinski definition) is 1. The summed E-state index contributed by atoms with van der Waals surface area (Å²) in [6.07, 6.45) is 1.04. The lowest BCUT2D eigenvalue weighted by atomic mass is 9.99. The van der Waals surface area contributed by atoms with E-state index in [0.29, 0.717) is 18.5 Å². The number of carbonyl (C=O) groups is 2. The molecule has 1 heterocycles. The van der Waals surface area contributed by atoms with Crippen molar-refractivity contribution in [3.63, 3.8) is 0 Å². The predicted molar refractivity (Wildman–Crippen MR) is 87.2 cm³/mol. The maximum Gasteiger partial charge on any atom is 0.342 e. The second-order valence-corrected chi connectivity index (χ2v) is 5.21. The summed E-state index contributed by atoms with van der Waals surface area (Å²) in [5.41, 5.74) is 1.45. The molecule has 6 nitrogen and oxygen atoms in total. The minimum absolute atomic E-state index is 0.0524. The van der Waals surface area contributed by atoms with Crippen LogP contribution >= 0.6 is 0 Å². The quantitative estimate of drug-likeness (QED) is 0.848.